The molecule has 0 bridgehead atoms. The van der Waals surface area contributed by atoms with E-state index >= 15 is 0 Å². The van der Waals surface area contributed by atoms with Gasteiger partial charge in [-0.3, -0.25) is 0 Å². The molecule has 0 saturated carbocycles. The van der Waals surface area contributed by atoms with Gasteiger partial charge >= 0.3 is 11.9 Å². The molecule has 0 aliphatic rings. The molecule has 140 valence electrons. The minimum Gasteiger partial charge on any atom is -0.455 e. The van der Waals surface area contributed by atoms with Gasteiger partial charge < -0.3 is 9.47 Å². The predicted molar refractivity (Wildman–Crippen MR) is 90.0 cm³/mol. The molecule has 0 N–H and O–H groups in total. The van der Waals surface area contributed by atoms with Crippen molar-refractivity contribution in [3.05, 3.63) is 35.9 Å². The van der Waals surface area contributed by atoms with Crippen molar-refractivity contribution in [1.82, 2.24) is 30.8 Å². The topological polar surface area (TPSA) is 130 Å². The SMILES string of the molecule is CC(C)(C)OC(=O)c1ccnnn1.CC(C)(C)OC(=O)c1ccnnn1. The summed E-state index contributed by atoms with van der Waals surface area (Å²) in [5, 5.41) is 20.6. The minimum absolute atomic E-state index is 0.171. The van der Waals surface area contributed by atoms with Crippen molar-refractivity contribution in [3.63, 3.8) is 0 Å². The van der Waals surface area contributed by atoms with E-state index in [4.69, 9.17) is 9.47 Å². The first-order valence-electron chi connectivity index (χ1n) is 7.73. The van der Waals surface area contributed by atoms with Gasteiger partial charge in [0, 0.05) is 0 Å². The first kappa shape index (κ1) is 21.0. The van der Waals surface area contributed by atoms with Gasteiger partial charge in [-0.15, -0.1) is 20.4 Å². The largest absolute Gasteiger partial charge is 0.455 e. The van der Waals surface area contributed by atoms with Crippen LogP contribution in [-0.2, 0) is 9.47 Å². The van der Waals surface area contributed by atoms with Crippen molar-refractivity contribution in [3.8, 4) is 0 Å². The lowest BCUT2D eigenvalue weighted by atomic mass is 10.2. The maximum Gasteiger partial charge on any atom is 0.359 e. The van der Waals surface area contributed by atoms with Crippen LogP contribution in [0.5, 0.6) is 0 Å². The predicted octanol–water partition coefficient (Wildman–Crippen LogP) is 1.65. The van der Waals surface area contributed by atoms with Crippen LogP contribution in [0, 0.1) is 0 Å². The third-order valence-electron chi connectivity index (χ3n) is 2.22. The van der Waals surface area contributed by atoms with Crippen LogP contribution in [-0.4, -0.2) is 54.0 Å². The number of ether oxygens (including phenoxy) is 2. The Kier molecular flexibility index (Phi) is 7.17. The number of hydrogen-bond donors (Lipinski definition) is 0. The average molecular weight is 362 g/mol. The van der Waals surface area contributed by atoms with Crippen molar-refractivity contribution in [2.24, 2.45) is 0 Å². The number of esters is 2. The molecule has 10 heteroatoms. The van der Waals surface area contributed by atoms with Gasteiger partial charge in [-0.05, 0) is 64.1 Å². The number of hydrogen-bond acceptors (Lipinski definition) is 10. The highest BCUT2D eigenvalue weighted by Gasteiger charge is 2.19. The molecule has 0 atom stereocenters. The summed E-state index contributed by atoms with van der Waals surface area (Å²) in [6.45, 7) is 10.7. The molecule has 2 aromatic heterocycles. The van der Waals surface area contributed by atoms with E-state index in [9.17, 15) is 9.59 Å². The third kappa shape index (κ3) is 8.71. The van der Waals surface area contributed by atoms with Crippen LogP contribution in [0.2, 0.25) is 0 Å². The smallest absolute Gasteiger partial charge is 0.359 e. The van der Waals surface area contributed by atoms with Crippen molar-refractivity contribution < 1.29 is 19.1 Å². The van der Waals surface area contributed by atoms with Gasteiger partial charge in [-0.2, -0.15) is 0 Å². The fourth-order valence-electron chi connectivity index (χ4n) is 1.36. The molecule has 0 amide bonds. The Morgan fingerprint density at radius 3 is 1.31 bits per heavy atom. The highest BCUT2D eigenvalue weighted by Crippen LogP contribution is 2.10. The first-order chi connectivity index (χ1) is 12.0. The normalized spacial score (nSPS) is 11.0. The number of carbonyl (C=O) groups excluding carboxylic acids is 2. The molecule has 0 aliphatic carbocycles. The number of carbonyl (C=O) groups is 2. The highest BCUT2D eigenvalue weighted by atomic mass is 16.6. The quantitative estimate of drug-likeness (QED) is 0.727. The minimum atomic E-state index is -0.512. The van der Waals surface area contributed by atoms with E-state index in [1.165, 1.54) is 24.5 Å². The van der Waals surface area contributed by atoms with Gasteiger partial charge in [0.2, 0.25) is 0 Å². The molecule has 10 nitrogen and oxygen atoms in total. The fourth-order valence-corrected chi connectivity index (χ4v) is 1.36. The second kappa shape index (κ2) is 8.88. The molecular weight excluding hydrogens is 340 g/mol. The molecular formula is C16H22N6O4. The van der Waals surface area contributed by atoms with Gasteiger partial charge in [0.25, 0.3) is 0 Å². The highest BCUT2D eigenvalue weighted by molar-refractivity contribution is 5.87. The number of nitrogens with zero attached hydrogens (tertiary/aromatic N) is 6. The molecule has 0 aromatic carbocycles. The summed E-state index contributed by atoms with van der Waals surface area (Å²) < 4.78 is 10.1. The Labute approximate surface area is 151 Å². The van der Waals surface area contributed by atoms with Gasteiger partial charge in [0.1, 0.15) is 11.2 Å². The first-order valence-corrected chi connectivity index (χ1v) is 7.73. The van der Waals surface area contributed by atoms with E-state index in [0.717, 1.165) is 0 Å². The van der Waals surface area contributed by atoms with E-state index in [-0.39, 0.29) is 11.4 Å². The monoisotopic (exact) mass is 362 g/mol. The van der Waals surface area contributed by atoms with Crippen LogP contribution in [0.15, 0.2) is 24.5 Å². The molecule has 0 radical (unpaired) electrons. The maximum absolute atomic E-state index is 11.3. The molecule has 2 rings (SSSR count). The lowest BCUT2D eigenvalue weighted by Gasteiger charge is -2.18. The molecule has 0 spiro atoms. The van der Waals surface area contributed by atoms with E-state index in [1.54, 1.807) is 41.5 Å². The Bertz CT molecular complexity index is 648. The zero-order valence-electron chi connectivity index (χ0n) is 15.6. The van der Waals surface area contributed by atoms with E-state index in [0.29, 0.717) is 0 Å². The Morgan fingerprint density at radius 1 is 0.731 bits per heavy atom. The van der Waals surface area contributed by atoms with Crippen molar-refractivity contribution in [1.29, 1.82) is 0 Å². The lowest BCUT2D eigenvalue weighted by molar-refractivity contribution is 0.00487. The summed E-state index contributed by atoms with van der Waals surface area (Å²) in [7, 11) is 0. The molecule has 2 aromatic rings. The zero-order valence-corrected chi connectivity index (χ0v) is 15.6. The summed E-state index contributed by atoms with van der Waals surface area (Å²) in [4.78, 5) is 22.6. The second-order valence-corrected chi connectivity index (χ2v) is 7.02. The Balaban J connectivity index is 0.000000260. The molecule has 0 saturated heterocycles. The van der Waals surface area contributed by atoms with Crippen LogP contribution >= 0.6 is 0 Å². The molecule has 2 heterocycles. The summed E-state index contributed by atoms with van der Waals surface area (Å²) in [5.41, 5.74) is -0.681. The third-order valence-corrected chi connectivity index (χ3v) is 2.22. The standard InChI is InChI=1S/2C8H11N3O2/c2*1-8(2,3)13-7(12)6-4-5-9-11-10-6/h2*4-5H,1-3H3. The van der Waals surface area contributed by atoms with Crippen LogP contribution < -0.4 is 0 Å². The Morgan fingerprint density at radius 2 is 1.08 bits per heavy atom. The van der Waals surface area contributed by atoms with Crippen LogP contribution in [0.3, 0.4) is 0 Å². The van der Waals surface area contributed by atoms with Crippen LogP contribution in [0.1, 0.15) is 62.5 Å². The van der Waals surface area contributed by atoms with E-state index < -0.39 is 23.1 Å². The summed E-state index contributed by atoms with van der Waals surface area (Å²) in [6.07, 6.45) is 2.79. The molecule has 0 fully saturated rings. The summed E-state index contributed by atoms with van der Waals surface area (Å²) >= 11 is 0. The lowest BCUT2D eigenvalue weighted by Crippen LogP contribution is -2.24. The number of aromatic nitrogens is 6. The van der Waals surface area contributed by atoms with Gasteiger partial charge in [-0.25, -0.2) is 9.59 Å². The van der Waals surface area contributed by atoms with Crippen molar-refractivity contribution in [2.45, 2.75) is 52.7 Å². The second-order valence-electron chi connectivity index (χ2n) is 7.02. The molecule has 0 aliphatic heterocycles. The zero-order chi connectivity index (χ0) is 19.8. The van der Waals surface area contributed by atoms with Crippen LogP contribution in [0.4, 0.5) is 0 Å². The van der Waals surface area contributed by atoms with Gasteiger partial charge in [-0.1, -0.05) is 0 Å². The van der Waals surface area contributed by atoms with Gasteiger partial charge in [0.15, 0.2) is 11.4 Å². The van der Waals surface area contributed by atoms with E-state index in [1.807, 2.05) is 0 Å². The average Bonchev–Trinajstić information content (AvgIpc) is 2.54. The number of rotatable bonds is 2. The van der Waals surface area contributed by atoms with E-state index in [2.05, 4.69) is 30.8 Å². The fraction of sp³-hybridized carbons (Fsp3) is 0.500. The molecule has 0 unspecified atom stereocenters. The Hall–Kier alpha value is -3.04. The maximum atomic E-state index is 11.3. The molecule has 26 heavy (non-hydrogen) atoms. The van der Waals surface area contributed by atoms with Gasteiger partial charge in [0.05, 0.1) is 12.4 Å². The summed E-state index contributed by atoms with van der Waals surface area (Å²) in [6, 6.07) is 2.92. The summed E-state index contributed by atoms with van der Waals surface area (Å²) in [5.74, 6) is -0.968. The van der Waals surface area contributed by atoms with Crippen molar-refractivity contribution >= 4 is 11.9 Å². The van der Waals surface area contributed by atoms with Crippen LogP contribution in [0.25, 0.3) is 0 Å². The van der Waals surface area contributed by atoms with Crippen molar-refractivity contribution in [2.75, 3.05) is 0 Å².